The Morgan fingerprint density at radius 3 is 2.81 bits per heavy atom. The average molecular weight is 259 g/mol. The van der Waals surface area contributed by atoms with Crippen LogP contribution >= 0.6 is 23.2 Å². The van der Waals surface area contributed by atoms with Crippen molar-refractivity contribution >= 4 is 34.8 Å². The number of benzene rings is 1. The van der Waals surface area contributed by atoms with Crippen LogP contribution in [0, 0.1) is 0 Å². The number of hydrogen-bond acceptors (Lipinski definition) is 2. The molecule has 1 aliphatic rings. The Labute approximate surface area is 104 Å². The van der Waals surface area contributed by atoms with E-state index >= 15 is 0 Å². The summed E-state index contributed by atoms with van der Waals surface area (Å²) in [6.07, 6.45) is 0.790. The summed E-state index contributed by atoms with van der Waals surface area (Å²) in [6.45, 7) is 0.671. The second kappa shape index (κ2) is 4.62. The third-order valence-electron chi connectivity index (χ3n) is 2.75. The lowest BCUT2D eigenvalue weighted by atomic mass is 10.2. The molecule has 1 aliphatic heterocycles. The van der Waals surface area contributed by atoms with Gasteiger partial charge in [-0.3, -0.25) is 4.79 Å². The van der Waals surface area contributed by atoms with Gasteiger partial charge in [0.15, 0.2) is 0 Å². The van der Waals surface area contributed by atoms with E-state index in [1.807, 2.05) is 0 Å². The molecule has 1 atom stereocenters. The van der Waals surface area contributed by atoms with E-state index in [0.717, 1.165) is 6.42 Å². The van der Waals surface area contributed by atoms with Crippen molar-refractivity contribution in [3.8, 4) is 0 Å². The van der Waals surface area contributed by atoms with Gasteiger partial charge < -0.3 is 10.2 Å². The summed E-state index contributed by atoms with van der Waals surface area (Å²) in [7, 11) is 1.78. The van der Waals surface area contributed by atoms with Gasteiger partial charge in [-0.15, -0.1) is 0 Å². The molecule has 1 aromatic carbocycles. The van der Waals surface area contributed by atoms with Crippen LogP contribution in [0.2, 0.25) is 10.0 Å². The van der Waals surface area contributed by atoms with Gasteiger partial charge in [-0.1, -0.05) is 23.2 Å². The molecular weight excluding hydrogens is 247 g/mol. The largest absolute Gasteiger partial charge is 0.309 e. The molecule has 0 bridgehead atoms. The maximum Gasteiger partial charge on any atom is 0.244 e. The lowest BCUT2D eigenvalue weighted by Crippen LogP contribution is -2.36. The van der Waals surface area contributed by atoms with E-state index in [-0.39, 0.29) is 11.9 Å². The fraction of sp³-hybridized carbons (Fsp3) is 0.364. The van der Waals surface area contributed by atoms with Crippen molar-refractivity contribution in [3.05, 3.63) is 28.2 Å². The smallest absolute Gasteiger partial charge is 0.244 e. The topological polar surface area (TPSA) is 32.3 Å². The molecule has 0 radical (unpaired) electrons. The molecule has 0 aliphatic carbocycles. The van der Waals surface area contributed by atoms with Crippen molar-refractivity contribution in [2.45, 2.75) is 12.5 Å². The van der Waals surface area contributed by atoms with E-state index < -0.39 is 0 Å². The van der Waals surface area contributed by atoms with Crippen LogP contribution in [0.15, 0.2) is 18.2 Å². The molecular formula is C11H12Cl2N2O. The van der Waals surface area contributed by atoms with Crippen molar-refractivity contribution in [1.82, 2.24) is 5.32 Å². The number of amides is 1. The van der Waals surface area contributed by atoms with Crippen LogP contribution in [-0.2, 0) is 4.79 Å². The third-order valence-corrected chi connectivity index (χ3v) is 3.31. The number of carbonyl (C=O) groups is 1. The summed E-state index contributed by atoms with van der Waals surface area (Å²) in [6, 6.07) is 5.03. The second-order valence-electron chi connectivity index (χ2n) is 3.72. The van der Waals surface area contributed by atoms with Gasteiger partial charge in [-0.05, 0) is 31.7 Å². The van der Waals surface area contributed by atoms with E-state index in [9.17, 15) is 4.79 Å². The van der Waals surface area contributed by atoms with Gasteiger partial charge in [0.1, 0.15) is 0 Å². The van der Waals surface area contributed by atoms with Crippen LogP contribution in [0.4, 0.5) is 5.69 Å². The summed E-state index contributed by atoms with van der Waals surface area (Å²) >= 11 is 12.0. The first-order valence-electron chi connectivity index (χ1n) is 5.07. The molecule has 1 N–H and O–H groups in total. The molecule has 86 valence electrons. The Kier molecular flexibility index (Phi) is 3.38. The Morgan fingerprint density at radius 1 is 1.44 bits per heavy atom. The number of carbonyl (C=O) groups excluding carboxylic acids is 1. The van der Waals surface area contributed by atoms with E-state index in [1.165, 1.54) is 0 Å². The number of anilines is 1. The number of rotatable bonds is 2. The average Bonchev–Trinajstić information content (AvgIpc) is 2.63. The third kappa shape index (κ3) is 2.03. The van der Waals surface area contributed by atoms with Gasteiger partial charge in [0.25, 0.3) is 0 Å². The minimum atomic E-state index is -0.116. The van der Waals surface area contributed by atoms with Crippen molar-refractivity contribution in [1.29, 1.82) is 0 Å². The van der Waals surface area contributed by atoms with Crippen molar-refractivity contribution in [2.24, 2.45) is 0 Å². The van der Waals surface area contributed by atoms with Crippen LogP contribution in [0.25, 0.3) is 0 Å². The van der Waals surface area contributed by atoms with Crippen LogP contribution in [0.1, 0.15) is 6.42 Å². The molecule has 16 heavy (non-hydrogen) atoms. The summed E-state index contributed by atoms with van der Waals surface area (Å²) in [5, 5.41) is 4.11. The van der Waals surface area contributed by atoms with Gasteiger partial charge in [-0.25, -0.2) is 0 Å². The predicted octanol–water partition coefficient (Wildman–Crippen LogP) is 2.32. The monoisotopic (exact) mass is 258 g/mol. The highest BCUT2D eigenvalue weighted by molar-refractivity contribution is 6.35. The molecule has 2 rings (SSSR count). The zero-order valence-corrected chi connectivity index (χ0v) is 10.3. The lowest BCUT2D eigenvalue weighted by molar-refractivity contribution is -0.118. The molecule has 1 heterocycles. The standard InChI is InChI=1S/C11H12Cl2N2O/c1-14-9-4-5-15(11(9)16)10-6-7(12)2-3-8(10)13/h2-3,6,9,14H,4-5H2,1H3. The summed E-state index contributed by atoms with van der Waals surface area (Å²) in [4.78, 5) is 13.6. The summed E-state index contributed by atoms with van der Waals surface area (Å²) in [5.74, 6) is 0.0478. The Hall–Kier alpha value is -0.770. The number of nitrogens with zero attached hydrogens (tertiary/aromatic N) is 1. The number of halogens is 2. The van der Waals surface area contributed by atoms with Gasteiger partial charge in [0, 0.05) is 11.6 Å². The van der Waals surface area contributed by atoms with Crippen molar-refractivity contribution < 1.29 is 4.79 Å². The highest BCUT2D eigenvalue weighted by Crippen LogP contribution is 2.31. The fourth-order valence-electron chi connectivity index (χ4n) is 1.88. The molecule has 1 amide bonds. The summed E-state index contributed by atoms with van der Waals surface area (Å²) in [5.41, 5.74) is 0.692. The maximum atomic E-state index is 12.0. The van der Waals surface area contributed by atoms with Crippen LogP contribution < -0.4 is 10.2 Å². The molecule has 1 saturated heterocycles. The molecule has 1 unspecified atom stereocenters. The highest BCUT2D eigenvalue weighted by Gasteiger charge is 2.32. The quantitative estimate of drug-likeness (QED) is 0.883. The van der Waals surface area contributed by atoms with Crippen molar-refractivity contribution in [2.75, 3.05) is 18.5 Å². The Morgan fingerprint density at radius 2 is 2.19 bits per heavy atom. The molecule has 1 fully saturated rings. The minimum Gasteiger partial charge on any atom is -0.309 e. The van der Waals surface area contributed by atoms with E-state index in [2.05, 4.69) is 5.32 Å². The molecule has 0 spiro atoms. The van der Waals surface area contributed by atoms with E-state index in [4.69, 9.17) is 23.2 Å². The fourth-order valence-corrected chi connectivity index (χ4v) is 2.27. The zero-order chi connectivity index (χ0) is 11.7. The molecule has 5 heteroatoms. The van der Waals surface area contributed by atoms with Gasteiger partial charge in [0.2, 0.25) is 5.91 Å². The van der Waals surface area contributed by atoms with Crippen LogP contribution in [0.5, 0.6) is 0 Å². The van der Waals surface area contributed by atoms with Crippen LogP contribution in [-0.4, -0.2) is 25.5 Å². The zero-order valence-electron chi connectivity index (χ0n) is 8.84. The number of nitrogens with one attached hydrogen (secondary N) is 1. The van der Waals surface area contributed by atoms with Gasteiger partial charge in [0.05, 0.1) is 16.8 Å². The van der Waals surface area contributed by atoms with Gasteiger partial charge in [-0.2, -0.15) is 0 Å². The predicted molar refractivity (Wildman–Crippen MR) is 66.3 cm³/mol. The van der Waals surface area contributed by atoms with E-state index in [1.54, 1.807) is 30.1 Å². The first-order chi connectivity index (χ1) is 7.63. The number of likely N-dealkylation sites (N-methyl/N-ethyl adjacent to an activating group) is 1. The summed E-state index contributed by atoms with van der Waals surface area (Å²) < 4.78 is 0. The molecule has 0 aromatic heterocycles. The molecule has 1 aromatic rings. The second-order valence-corrected chi connectivity index (χ2v) is 4.56. The Bertz CT molecular complexity index is 422. The lowest BCUT2D eigenvalue weighted by Gasteiger charge is -2.18. The first kappa shape index (κ1) is 11.7. The normalized spacial score (nSPS) is 20.6. The van der Waals surface area contributed by atoms with Crippen molar-refractivity contribution in [3.63, 3.8) is 0 Å². The maximum absolute atomic E-state index is 12.0. The molecule has 0 saturated carbocycles. The first-order valence-corrected chi connectivity index (χ1v) is 5.83. The van der Waals surface area contributed by atoms with Gasteiger partial charge >= 0.3 is 0 Å². The molecule has 3 nitrogen and oxygen atoms in total. The number of hydrogen-bond donors (Lipinski definition) is 1. The SMILES string of the molecule is CNC1CCN(c2cc(Cl)ccc2Cl)C1=O. The minimum absolute atomic E-state index is 0.0478. The Balaban J connectivity index is 2.32. The van der Waals surface area contributed by atoms with Crippen LogP contribution in [0.3, 0.4) is 0 Å². The highest BCUT2D eigenvalue weighted by atomic mass is 35.5. The van der Waals surface area contributed by atoms with E-state index in [0.29, 0.717) is 22.3 Å².